The van der Waals surface area contributed by atoms with E-state index in [1.165, 1.54) is 18.9 Å². The summed E-state index contributed by atoms with van der Waals surface area (Å²) in [4.78, 5) is 43.8. The Morgan fingerprint density at radius 2 is 1.71 bits per heavy atom. The number of rotatable bonds is 10. The van der Waals surface area contributed by atoms with Crippen molar-refractivity contribution in [1.82, 2.24) is 10.3 Å². The van der Waals surface area contributed by atoms with Crippen molar-refractivity contribution in [3.8, 4) is 5.75 Å². The predicted molar refractivity (Wildman–Crippen MR) is 163 cm³/mol. The topological polar surface area (TPSA) is 109 Å². The molecule has 1 aromatic heterocycles. The highest BCUT2D eigenvalue weighted by Gasteiger charge is 2.18. The third kappa shape index (κ3) is 8.44. The van der Waals surface area contributed by atoms with Crippen LogP contribution in [0.2, 0.25) is 5.02 Å². The lowest BCUT2D eigenvalue weighted by atomic mass is 10.2. The molecule has 3 amide bonds. The van der Waals surface area contributed by atoms with E-state index < -0.39 is 17.1 Å². The minimum Gasteiger partial charge on any atom is -0.495 e. The number of pyridine rings is 1. The zero-order chi connectivity index (χ0) is 29.2. The van der Waals surface area contributed by atoms with E-state index in [4.69, 9.17) is 16.3 Å². The first kappa shape index (κ1) is 29.4. The fraction of sp³-hybridized carbons (Fsp3) is 0.0968. The number of aromatic nitrogens is 1. The fourth-order valence-corrected chi connectivity index (χ4v) is 4.85. The zero-order valence-corrected chi connectivity index (χ0v) is 23.8. The molecule has 4 aromatic rings. The molecule has 8 nitrogen and oxygen atoms in total. The summed E-state index contributed by atoms with van der Waals surface area (Å²) in [6, 6.07) is 24.3. The number of hydrogen-bond donors (Lipinski definition) is 3. The van der Waals surface area contributed by atoms with Crippen molar-refractivity contribution in [3.05, 3.63) is 119 Å². The number of benzene rings is 3. The van der Waals surface area contributed by atoms with Crippen molar-refractivity contribution in [3.63, 3.8) is 0 Å². The van der Waals surface area contributed by atoms with Crippen molar-refractivity contribution in [2.45, 2.75) is 17.1 Å². The van der Waals surface area contributed by atoms with Crippen LogP contribution in [0.15, 0.2) is 108 Å². The van der Waals surface area contributed by atoms with Crippen LogP contribution in [0, 0.1) is 0 Å². The summed E-state index contributed by atoms with van der Waals surface area (Å²) >= 11 is 7.49. The molecule has 0 fully saturated rings. The molecule has 10 heteroatoms. The average Bonchev–Trinajstić information content (AvgIpc) is 2.98. The van der Waals surface area contributed by atoms with Gasteiger partial charge in [-0.05, 0) is 73.2 Å². The molecule has 0 aliphatic carbocycles. The number of hydrogen-bond acceptors (Lipinski definition) is 6. The molecule has 1 atom stereocenters. The molecule has 0 radical (unpaired) electrons. The predicted octanol–water partition coefficient (Wildman–Crippen LogP) is 6.27. The fourth-order valence-electron chi connectivity index (χ4n) is 3.66. The number of nitrogens with one attached hydrogen (secondary N) is 3. The van der Waals surface area contributed by atoms with E-state index in [-0.39, 0.29) is 11.6 Å². The number of nitrogens with zero attached hydrogens (tertiary/aromatic N) is 1. The van der Waals surface area contributed by atoms with Crippen LogP contribution in [0.5, 0.6) is 5.75 Å². The Morgan fingerprint density at radius 1 is 0.927 bits per heavy atom. The summed E-state index contributed by atoms with van der Waals surface area (Å²) in [5.74, 6) is -0.624. The minimum atomic E-state index is -0.512. The number of anilines is 2. The largest absolute Gasteiger partial charge is 0.495 e. The highest BCUT2D eigenvalue weighted by molar-refractivity contribution is 8.00. The highest BCUT2D eigenvalue weighted by atomic mass is 35.5. The maximum absolute atomic E-state index is 13.3. The van der Waals surface area contributed by atoms with E-state index in [2.05, 4.69) is 20.9 Å². The van der Waals surface area contributed by atoms with Gasteiger partial charge in [0, 0.05) is 34.2 Å². The second-order valence-electron chi connectivity index (χ2n) is 8.75. The van der Waals surface area contributed by atoms with E-state index in [1.54, 1.807) is 104 Å². The van der Waals surface area contributed by atoms with Gasteiger partial charge >= 0.3 is 0 Å². The SMILES string of the molecule is COc1ccc(NC(=O)C(C)Sc2cccc(NC(=O)/C(=C/c3cccnc3)NC(=O)c3ccccc3)c2)cc1Cl. The Bertz CT molecular complexity index is 1570. The van der Waals surface area contributed by atoms with Crippen molar-refractivity contribution in [2.75, 3.05) is 17.7 Å². The molecule has 0 spiro atoms. The Morgan fingerprint density at radius 3 is 2.41 bits per heavy atom. The van der Waals surface area contributed by atoms with Gasteiger partial charge < -0.3 is 20.7 Å². The third-order valence-corrected chi connectivity index (χ3v) is 7.11. The summed E-state index contributed by atoms with van der Waals surface area (Å²) in [5, 5.41) is 8.33. The number of thioether (sulfide) groups is 1. The molecule has 0 saturated heterocycles. The summed E-state index contributed by atoms with van der Waals surface area (Å²) in [6.07, 6.45) is 4.77. The summed E-state index contributed by atoms with van der Waals surface area (Å²) in [6.45, 7) is 1.78. The molecule has 0 aliphatic heterocycles. The van der Waals surface area contributed by atoms with Gasteiger partial charge in [0.2, 0.25) is 5.91 Å². The van der Waals surface area contributed by atoms with Gasteiger partial charge in [-0.3, -0.25) is 19.4 Å². The number of carbonyl (C=O) groups excluding carboxylic acids is 3. The van der Waals surface area contributed by atoms with E-state index >= 15 is 0 Å². The van der Waals surface area contributed by atoms with Crippen LogP contribution in [0.4, 0.5) is 11.4 Å². The van der Waals surface area contributed by atoms with E-state index in [0.717, 1.165) is 4.90 Å². The monoisotopic (exact) mass is 586 g/mol. The smallest absolute Gasteiger partial charge is 0.272 e. The molecule has 41 heavy (non-hydrogen) atoms. The molecule has 0 aliphatic rings. The van der Waals surface area contributed by atoms with Gasteiger partial charge in [0.05, 0.1) is 17.4 Å². The lowest BCUT2D eigenvalue weighted by Gasteiger charge is -2.14. The van der Waals surface area contributed by atoms with Gasteiger partial charge in [-0.25, -0.2) is 0 Å². The van der Waals surface area contributed by atoms with Gasteiger partial charge in [0.15, 0.2) is 0 Å². The summed E-state index contributed by atoms with van der Waals surface area (Å²) in [5.41, 5.74) is 2.17. The molecular weight excluding hydrogens is 560 g/mol. The van der Waals surface area contributed by atoms with Crippen molar-refractivity contribution in [2.24, 2.45) is 0 Å². The number of ether oxygens (including phenoxy) is 1. The first-order valence-corrected chi connectivity index (χ1v) is 13.8. The Labute approximate surface area is 247 Å². The Hall–Kier alpha value is -4.60. The van der Waals surface area contributed by atoms with Crippen LogP contribution in [-0.2, 0) is 9.59 Å². The molecule has 1 heterocycles. The lowest BCUT2D eigenvalue weighted by Crippen LogP contribution is -2.30. The van der Waals surface area contributed by atoms with Gasteiger partial charge in [0.1, 0.15) is 11.4 Å². The summed E-state index contributed by atoms with van der Waals surface area (Å²) in [7, 11) is 1.52. The normalized spacial score (nSPS) is 11.7. The van der Waals surface area contributed by atoms with Gasteiger partial charge in [0.25, 0.3) is 11.8 Å². The van der Waals surface area contributed by atoms with Gasteiger partial charge in [-0.1, -0.05) is 41.9 Å². The van der Waals surface area contributed by atoms with Gasteiger partial charge in [-0.2, -0.15) is 0 Å². The van der Waals surface area contributed by atoms with Crippen LogP contribution in [-0.4, -0.2) is 35.1 Å². The quantitative estimate of drug-likeness (QED) is 0.149. The number of halogens is 1. The van der Waals surface area contributed by atoms with E-state index in [9.17, 15) is 14.4 Å². The first-order chi connectivity index (χ1) is 19.8. The maximum atomic E-state index is 13.3. The standard InChI is InChI=1S/C31H27ClN4O4S/c1-20(29(37)34-24-13-14-28(40-2)26(32)18-24)41-25-12-6-11-23(17-25)35-31(39)27(16-21-8-7-15-33-19-21)36-30(38)22-9-4-3-5-10-22/h3-20H,1-2H3,(H,34,37)(H,35,39)(H,36,38)/b27-16-. The maximum Gasteiger partial charge on any atom is 0.272 e. The van der Waals surface area contributed by atoms with Crippen molar-refractivity contribution >= 4 is 58.5 Å². The minimum absolute atomic E-state index is 0.0517. The van der Waals surface area contributed by atoms with Gasteiger partial charge in [-0.15, -0.1) is 11.8 Å². The molecule has 0 bridgehead atoms. The molecule has 4 rings (SSSR count). The molecule has 208 valence electrons. The number of amides is 3. The van der Waals surface area contributed by atoms with Crippen LogP contribution >= 0.6 is 23.4 Å². The number of carbonyl (C=O) groups is 3. The van der Waals surface area contributed by atoms with Crippen LogP contribution in [0.1, 0.15) is 22.8 Å². The van der Waals surface area contributed by atoms with Crippen molar-refractivity contribution < 1.29 is 19.1 Å². The highest BCUT2D eigenvalue weighted by Crippen LogP contribution is 2.29. The third-order valence-electron chi connectivity index (χ3n) is 5.72. The molecule has 1 unspecified atom stereocenters. The average molecular weight is 587 g/mol. The van der Waals surface area contributed by atoms with E-state index in [0.29, 0.717) is 33.3 Å². The lowest BCUT2D eigenvalue weighted by molar-refractivity contribution is -0.115. The Kier molecular flexibility index (Phi) is 10.1. The van der Waals surface area contributed by atoms with Crippen LogP contribution in [0.3, 0.4) is 0 Å². The molecule has 3 aromatic carbocycles. The molecule has 0 saturated carbocycles. The molecule has 3 N–H and O–H groups in total. The first-order valence-electron chi connectivity index (χ1n) is 12.5. The zero-order valence-electron chi connectivity index (χ0n) is 22.3. The summed E-state index contributed by atoms with van der Waals surface area (Å²) < 4.78 is 5.15. The van der Waals surface area contributed by atoms with E-state index in [1.807, 2.05) is 6.07 Å². The van der Waals surface area contributed by atoms with Crippen LogP contribution < -0.4 is 20.7 Å². The van der Waals surface area contributed by atoms with Crippen molar-refractivity contribution in [1.29, 1.82) is 0 Å². The second kappa shape index (κ2) is 14.2. The second-order valence-corrected chi connectivity index (χ2v) is 10.6. The van der Waals surface area contributed by atoms with Crippen LogP contribution in [0.25, 0.3) is 6.08 Å². The Balaban J connectivity index is 1.45. The number of methoxy groups -OCH3 is 1. The molecular formula is C31H27ClN4O4S.